The molecule has 10 nitrogen and oxygen atoms in total. The van der Waals surface area contributed by atoms with E-state index in [-0.39, 0.29) is 0 Å². The first kappa shape index (κ1) is 32.2. The molecule has 0 radical (unpaired) electrons. The SMILES string of the molecule is CCCOc1cc(C(c2cc3cc(Br)ccc3nc2OC)C(O)(CCN(C)C)c2cc(OC)nc(OC)c2)cc(OC)n1. The van der Waals surface area contributed by atoms with Crippen LogP contribution < -0.4 is 23.7 Å². The molecule has 0 amide bonds. The monoisotopic (exact) mass is 654 g/mol. The predicted octanol–water partition coefficient (Wildman–Crippen LogP) is 5.58. The van der Waals surface area contributed by atoms with E-state index in [4.69, 9.17) is 28.7 Å². The fraction of sp³-hybridized carbons (Fsp3) is 0.406. The van der Waals surface area contributed by atoms with Crippen LogP contribution in [0.4, 0.5) is 0 Å². The minimum Gasteiger partial charge on any atom is -0.481 e. The van der Waals surface area contributed by atoms with Gasteiger partial charge in [-0.25, -0.2) is 4.98 Å². The molecule has 0 saturated carbocycles. The molecule has 2 unspecified atom stereocenters. The Hall–Kier alpha value is -3.67. The van der Waals surface area contributed by atoms with Gasteiger partial charge in [0.05, 0.1) is 40.6 Å². The Morgan fingerprint density at radius 3 is 2.07 bits per heavy atom. The molecular formula is C32H39BrN4O6. The van der Waals surface area contributed by atoms with Crippen molar-refractivity contribution in [2.45, 2.75) is 31.3 Å². The second-order valence-electron chi connectivity index (χ2n) is 10.4. The van der Waals surface area contributed by atoms with Gasteiger partial charge in [-0.3, -0.25) is 0 Å². The highest BCUT2D eigenvalue weighted by molar-refractivity contribution is 9.10. The van der Waals surface area contributed by atoms with E-state index in [1.54, 1.807) is 26.4 Å². The van der Waals surface area contributed by atoms with Crippen LogP contribution in [-0.2, 0) is 5.60 Å². The zero-order chi connectivity index (χ0) is 31.1. The van der Waals surface area contributed by atoms with E-state index in [9.17, 15) is 5.11 Å². The minimum absolute atomic E-state index is 0.309. The number of aromatic nitrogens is 3. The summed E-state index contributed by atoms with van der Waals surface area (Å²) in [6.45, 7) is 3.05. The molecule has 0 bridgehead atoms. The van der Waals surface area contributed by atoms with E-state index >= 15 is 0 Å². The lowest BCUT2D eigenvalue weighted by molar-refractivity contribution is 0.00319. The molecule has 0 spiro atoms. The number of halogens is 1. The van der Waals surface area contributed by atoms with E-state index < -0.39 is 11.5 Å². The maximum Gasteiger partial charge on any atom is 0.217 e. The van der Waals surface area contributed by atoms with Crippen molar-refractivity contribution in [2.24, 2.45) is 0 Å². The standard InChI is InChI=1S/C32H39BrN4O6/c1-8-13-43-29-17-21(16-26(36-29)39-4)30(24-15-20-14-23(33)9-10-25(20)34-31(24)42-7)32(38,11-12-37(2)3)22-18-27(40-5)35-28(19-22)41-6/h9-10,14-19,30,38H,8,11-13H2,1-7H3. The summed E-state index contributed by atoms with van der Waals surface area (Å²) in [5.41, 5.74) is 1.11. The van der Waals surface area contributed by atoms with Gasteiger partial charge in [0.1, 0.15) is 5.60 Å². The second-order valence-corrected chi connectivity index (χ2v) is 11.3. The van der Waals surface area contributed by atoms with E-state index in [2.05, 4.69) is 25.9 Å². The number of hydrogen-bond donors (Lipinski definition) is 1. The van der Waals surface area contributed by atoms with Gasteiger partial charge in [0.25, 0.3) is 0 Å². The summed E-state index contributed by atoms with van der Waals surface area (Å²) in [7, 11) is 10.1. The molecular weight excluding hydrogens is 616 g/mol. The Morgan fingerprint density at radius 1 is 0.837 bits per heavy atom. The molecule has 2 atom stereocenters. The molecule has 3 heterocycles. The van der Waals surface area contributed by atoms with Crippen LogP contribution in [0.15, 0.2) is 53.0 Å². The number of nitrogens with zero attached hydrogens (tertiary/aromatic N) is 4. The molecule has 11 heteroatoms. The number of hydrogen-bond acceptors (Lipinski definition) is 10. The summed E-state index contributed by atoms with van der Waals surface area (Å²) < 4.78 is 29.4. The summed E-state index contributed by atoms with van der Waals surface area (Å²) in [6.07, 6.45) is 1.12. The van der Waals surface area contributed by atoms with Gasteiger partial charge in [0.15, 0.2) is 0 Å². The van der Waals surface area contributed by atoms with Crippen molar-refractivity contribution in [1.82, 2.24) is 19.9 Å². The highest BCUT2D eigenvalue weighted by Crippen LogP contribution is 2.49. The molecule has 0 aliphatic carbocycles. The van der Waals surface area contributed by atoms with Crippen LogP contribution in [0.1, 0.15) is 42.4 Å². The van der Waals surface area contributed by atoms with Crippen LogP contribution >= 0.6 is 15.9 Å². The number of fused-ring (bicyclic) bond motifs is 1. The van der Waals surface area contributed by atoms with Crippen molar-refractivity contribution in [3.63, 3.8) is 0 Å². The molecule has 4 rings (SSSR count). The van der Waals surface area contributed by atoms with Gasteiger partial charge in [0, 0.05) is 52.2 Å². The van der Waals surface area contributed by atoms with E-state index in [1.807, 2.05) is 62.3 Å². The normalized spacial score (nSPS) is 13.4. The van der Waals surface area contributed by atoms with Crippen molar-refractivity contribution < 1.29 is 28.8 Å². The van der Waals surface area contributed by atoms with E-state index in [1.165, 1.54) is 14.2 Å². The molecule has 0 fully saturated rings. The van der Waals surface area contributed by atoms with Crippen LogP contribution in [0, 0.1) is 0 Å². The summed E-state index contributed by atoms with van der Waals surface area (Å²) in [5.74, 6) is 0.991. The Labute approximate surface area is 261 Å². The van der Waals surface area contributed by atoms with Crippen molar-refractivity contribution in [1.29, 1.82) is 0 Å². The average Bonchev–Trinajstić information content (AvgIpc) is 3.02. The Morgan fingerprint density at radius 2 is 1.47 bits per heavy atom. The van der Waals surface area contributed by atoms with Crippen molar-refractivity contribution in [3.05, 3.63) is 69.7 Å². The first-order valence-corrected chi connectivity index (χ1v) is 14.8. The lowest BCUT2D eigenvalue weighted by Gasteiger charge is -2.39. The number of ether oxygens (including phenoxy) is 5. The van der Waals surface area contributed by atoms with Gasteiger partial charge < -0.3 is 33.7 Å². The highest BCUT2D eigenvalue weighted by Gasteiger charge is 2.43. The molecule has 4 aromatic rings. The molecule has 0 aliphatic rings. The maximum absolute atomic E-state index is 13.2. The molecule has 1 N–H and O–H groups in total. The molecule has 1 aromatic carbocycles. The third-order valence-corrected chi connectivity index (χ3v) is 7.68. The van der Waals surface area contributed by atoms with E-state index in [0.717, 1.165) is 21.8 Å². The Kier molecular flexibility index (Phi) is 10.6. The number of methoxy groups -OCH3 is 4. The summed E-state index contributed by atoms with van der Waals surface area (Å²) >= 11 is 3.59. The Bertz CT molecular complexity index is 1530. The first-order chi connectivity index (χ1) is 20.6. The zero-order valence-electron chi connectivity index (χ0n) is 25.7. The van der Waals surface area contributed by atoms with Crippen molar-refractivity contribution >= 4 is 26.8 Å². The number of rotatable bonds is 14. The number of aliphatic hydroxyl groups is 1. The number of pyridine rings is 3. The quantitative estimate of drug-likeness (QED) is 0.185. The molecule has 3 aromatic heterocycles. The zero-order valence-corrected chi connectivity index (χ0v) is 27.3. The lowest BCUT2D eigenvalue weighted by Crippen LogP contribution is -2.38. The molecule has 43 heavy (non-hydrogen) atoms. The Balaban J connectivity index is 2.11. The molecule has 0 aliphatic heterocycles. The van der Waals surface area contributed by atoms with Gasteiger partial charge in [0.2, 0.25) is 29.4 Å². The fourth-order valence-corrected chi connectivity index (χ4v) is 5.45. The van der Waals surface area contributed by atoms with Gasteiger partial charge in [-0.15, -0.1) is 0 Å². The third-order valence-electron chi connectivity index (χ3n) is 7.19. The van der Waals surface area contributed by atoms with Crippen molar-refractivity contribution in [2.75, 3.05) is 55.7 Å². The van der Waals surface area contributed by atoms with Gasteiger partial charge in [-0.1, -0.05) is 22.9 Å². The topological polar surface area (TPSA) is 108 Å². The second kappa shape index (κ2) is 14.2. The van der Waals surface area contributed by atoms with Crippen LogP contribution in [0.3, 0.4) is 0 Å². The fourth-order valence-electron chi connectivity index (χ4n) is 5.07. The van der Waals surface area contributed by atoms with Gasteiger partial charge in [-0.2, -0.15) is 9.97 Å². The summed E-state index contributed by atoms with van der Waals surface area (Å²) in [5, 5.41) is 14.0. The number of benzene rings is 1. The van der Waals surface area contributed by atoms with Crippen molar-refractivity contribution in [3.8, 4) is 29.4 Å². The summed E-state index contributed by atoms with van der Waals surface area (Å²) in [6, 6.07) is 15.0. The van der Waals surface area contributed by atoms with Crippen LogP contribution in [-0.4, -0.2) is 80.6 Å². The van der Waals surface area contributed by atoms with E-state index in [0.29, 0.717) is 65.7 Å². The smallest absolute Gasteiger partial charge is 0.217 e. The largest absolute Gasteiger partial charge is 0.481 e. The van der Waals surface area contributed by atoms with Crippen LogP contribution in [0.5, 0.6) is 29.4 Å². The van der Waals surface area contributed by atoms with Gasteiger partial charge in [-0.05, 0) is 62.3 Å². The van der Waals surface area contributed by atoms with Crippen LogP contribution in [0.25, 0.3) is 10.9 Å². The maximum atomic E-state index is 13.2. The van der Waals surface area contributed by atoms with Crippen LogP contribution in [0.2, 0.25) is 0 Å². The third kappa shape index (κ3) is 7.29. The first-order valence-electron chi connectivity index (χ1n) is 14.0. The highest BCUT2D eigenvalue weighted by atomic mass is 79.9. The minimum atomic E-state index is -1.56. The predicted molar refractivity (Wildman–Crippen MR) is 169 cm³/mol. The summed E-state index contributed by atoms with van der Waals surface area (Å²) in [4.78, 5) is 15.8. The molecule has 230 valence electrons. The molecule has 0 saturated heterocycles. The lowest BCUT2D eigenvalue weighted by atomic mass is 9.72. The average molecular weight is 656 g/mol. The van der Waals surface area contributed by atoms with Gasteiger partial charge >= 0.3 is 0 Å².